The summed E-state index contributed by atoms with van der Waals surface area (Å²) in [7, 11) is 0. The molecule has 0 amide bonds. The number of benzene rings is 1. The van der Waals surface area contributed by atoms with Crippen molar-refractivity contribution in [1.82, 2.24) is 14.8 Å². The molecule has 0 aliphatic carbocycles. The Hall–Kier alpha value is -2.60. The van der Waals surface area contributed by atoms with Gasteiger partial charge in [0.2, 0.25) is 0 Å². The highest BCUT2D eigenvalue weighted by Gasteiger charge is 2.20. The van der Waals surface area contributed by atoms with Gasteiger partial charge in [0.1, 0.15) is 6.61 Å². The van der Waals surface area contributed by atoms with Crippen LogP contribution in [0.25, 0.3) is 11.3 Å². The molecule has 0 unspecified atom stereocenters. The van der Waals surface area contributed by atoms with Gasteiger partial charge in [0, 0.05) is 5.56 Å². The van der Waals surface area contributed by atoms with Crippen molar-refractivity contribution in [2.75, 3.05) is 0 Å². The van der Waals surface area contributed by atoms with Crippen molar-refractivity contribution in [3.05, 3.63) is 64.0 Å². The number of aromatic nitrogens is 3. The van der Waals surface area contributed by atoms with E-state index in [1.54, 1.807) is 6.20 Å². The first-order valence-corrected chi connectivity index (χ1v) is 8.13. The second-order valence-corrected chi connectivity index (χ2v) is 6.94. The van der Waals surface area contributed by atoms with Crippen LogP contribution in [-0.4, -0.2) is 14.8 Å². The molecule has 0 saturated heterocycles. The summed E-state index contributed by atoms with van der Waals surface area (Å²) < 4.78 is 12.3. The highest BCUT2D eigenvalue weighted by atomic mass is 35.5. The number of ether oxygens (including phenoxy) is 1. The lowest BCUT2D eigenvalue weighted by molar-refractivity contribution is 0.292. The zero-order chi connectivity index (χ0) is 18.0. The Morgan fingerprint density at radius 2 is 1.92 bits per heavy atom. The van der Waals surface area contributed by atoms with Gasteiger partial charge in [0.15, 0.2) is 22.9 Å². The molecule has 3 aromatic rings. The first-order valence-electron chi connectivity index (χ1n) is 7.75. The normalized spacial score (nSPS) is 11.5. The Kier molecular flexibility index (Phi) is 4.63. The fraction of sp³-hybridized carbons (Fsp3) is 0.278. The van der Waals surface area contributed by atoms with Crippen molar-refractivity contribution in [2.45, 2.75) is 32.9 Å². The summed E-state index contributed by atoms with van der Waals surface area (Å²) in [5.74, 6) is 0.969. The predicted molar refractivity (Wildman–Crippen MR) is 94.8 cm³/mol. The van der Waals surface area contributed by atoms with E-state index < -0.39 is 5.54 Å². The van der Waals surface area contributed by atoms with Crippen LogP contribution in [0, 0.1) is 0 Å². The van der Waals surface area contributed by atoms with Gasteiger partial charge in [0.05, 0.1) is 17.9 Å². The quantitative estimate of drug-likeness (QED) is 0.706. The maximum absolute atomic E-state index is 12.3. The van der Waals surface area contributed by atoms with Crippen molar-refractivity contribution in [1.29, 1.82) is 0 Å². The molecule has 0 N–H and O–H groups in total. The molecule has 1 aromatic carbocycles. The summed E-state index contributed by atoms with van der Waals surface area (Å²) in [4.78, 5) is 16.2. The van der Waals surface area contributed by atoms with Crippen molar-refractivity contribution in [3.63, 3.8) is 0 Å². The average Bonchev–Trinajstić information content (AvgIpc) is 3.10. The number of nitrogens with zero attached hydrogens (tertiary/aromatic N) is 3. The van der Waals surface area contributed by atoms with E-state index in [1.807, 2.05) is 45.0 Å². The van der Waals surface area contributed by atoms with Crippen LogP contribution in [0.2, 0.25) is 5.02 Å². The SMILES string of the molecule is CC(C)(C)n1ncc(OCc2ccc(-c3cnco3)cc2)c(Cl)c1=O. The fourth-order valence-corrected chi connectivity index (χ4v) is 2.46. The Bertz CT molecular complexity index is 910. The summed E-state index contributed by atoms with van der Waals surface area (Å²) in [6, 6.07) is 7.65. The Labute approximate surface area is 150 Å². The second-order valence-electron chi connectivity index (χ2n) is 6.56. The molecule has 2 heterocycles. The third-order valence-electron chi connectivity index (χ3n) is 3.59. The van der Waals surface area contributed by atoms with Crippen LogP contribution in [0.3, 0.4) is 0 Å². The molecule has 0 spiro atoms. The van der Waals surface area contributed by atoms with E-state index in [2.05, 4.69) is 10.1 Å². The van der Waals surface area contributed by atoms with Gasteiger partial charge in [0.25, 0.3) is 5.56 Å². The van der Waals surface area contributed by atoms with Gasteiger partial charge >= 0.3 is 0 Å². The van der Waals surface area contributed by atoms with Crippen LogP contribution < -0.4 is 10.3 Å². The molecular weight excluding hydrogens is 342 g/mol. The van der Waals surface area contributed by atoms with Crippen LogP contribution in [-0.2, 0) is 12.1 Å². The topological polar surface area (TPSA) is 70.2 Å². The summed E-state index contributed by atoms with van der Waals surface area (Å²) in [6.07, 6.45) is 4.51. The lowest BCUT2D eigenvalue weighted by Crippen LogP contribution is -2.36. The smallest absolute Gasteiger partial charge is 0.289 e. The van der Waals surface area contributed by atoms with Crippen LogP contribution in [0.4, 0.5) is 0 Å². The van der Waals surface area contributed by atoms with Crippen LogP contribution in [0.15, 0.2) is 52.3 Å². The number of hydrogen-bond acceptors (Lipinski definition) is 5. The van der Waals surface area contributed by atoms with Gasteiger partial charge in [-0.05, 0) is 26.3 Å². The fourth-order valence-electron chi connectivity index (χ4n) is 2.28. The highest BCUT2D eigenvalue weighted by molar-refractivity contribution is 6.31. The largest absolute Gasteiger partial charge is 0.485 e. The molecular formula is C18H18ClN3O3. The van der Waals surface area contributed by atoms with Gasteiger partial charge in [-0.15, -0.1) is 0 Å². The third kappa shape index (κ3) is 3.74. The summed E-state index contributed by atoms with van der Waals surface area (Å²) >= 11 is 6.15. The lowest BCUT2D eigenvalue weighted by atomic mass is 10.1. The number of hydrogen-bond donors (Lipinski definition) is 0. The van der Waals surface area contributed by atoms with E-state index in [-0.39, 0.29) is 22.9 Å². The maximum atomic E-state index is 12.3. The van der Waals surface area contributed by atoms with Crippen molar-refractivity contribution < 1.29 is 9.15 Å². The maximum Gasteiger partial charge on any atom is 0.289 e. The summed E-state index contributed by atoms with van der Waals surface area (Å²) in [6.45, 7) is 5.92. The van der Waals surface area contributed by atoms with Crippen LogP contribution >= 0.6 is 11.6 Å². The second kappa shape index (κ2) is 6.72. The molecule has 0 saturated carbocycles. The average molecular weight is 360 g/mol. The van der Waals surface area contributed by atoms with E-state index in [0.29, 0.717) is 5.76 Å². The highest BCUT2D eigenvalue weighted by Crippen LogP contribution is 2.23. The van der Waals surface area contributed by atoms with Gasteiger partial charge in [-0.1, -0.05) is 35.9 Å². The molecule has 3 rings (SSSR count). The van der Waals surface area contributed by atoms with Crippen LogP contribution in [0.5, 0.6) is 5.75 Å². The molecule has 0 fully saturated rings. The monoisotopic (exact) mass is 359 g/mol. The Morgan fingerprint density at radius 3 is 2.52 bits per heavy atom. The van der Waals surface area contributed by atoms with Gasteiger partial charge in [-0.3, -0.25) is 4.79 Å². The van der Waals surface area contributed by atoms with Gasteiger partial charge in [-0.25, -0.2) is 9.67 Å². The van der Waals surface area contributed by atoms with E-state index in [0.717, 1.165) is 11.1 Å². The molecule has 0 bridgehead atoms. The molecule has 0 aliphatic rings. The number of rotatable bonds is 4. The van der Waals surface area contributed by atoms with E-state index in [9.17, 15) is 4.79 Å². The molecule has 0 aliphatic heterocycles. The number of halogens is 1. The zero-order valence-corrected chi connectivity index (χ0v) is 14.9. The van der Waals surface area contributed by atoms with Crippen LogP contribution in [0.1, 0.15) is 26.3 Å². The Morgan fingerprint density at radius 1 is 1.20 bits per heavy atom. The van der Waals surface area contributed by atoms with Crippen molar-refractivity contribution in [2.24, 2.45) is 0 Å². The lowest BCUT2D eigenvalue weighted by Gasteiger charge is -2.21. The predicted octanol–water partition coefficient (Wildman–Crippen LogP) is 3.89. The standard InChI is InChI=1S/C18H18ClN3O3/c1-18(2,3)22-17(23)16(19)15(9-21-22)24-10-12-4-6-13(7-5-12)14-8-20-11-25-14/h4-9,11H,10H2,1-3H3. The third-order valence-corrected chi connectivity index (χ3v) is 3.94. The molecule has 2 aromatic heterocycles. The molecule has 25 heavy (non-hydrogen) atoms. The first-order chi connectivity index (χ1) is 11.9. The minimum absolute atomic E-state index is 0.0307. The van der Waals surface area contributed by atoms with E-state index in [1.165, 1.54) is 17.3 Å². The zero-order valence-electron chi connectivity index (χ0n) is 14.2. The molecule has 0 radical (unpaired) electrons. The summed E-state index contributed by atoms with van der Waals surface area (Å²) in [5, 5.41) is 4.18. The van der Waals surface area contributed by atoms with E-state index >= 15 is 0 Å². The van der Waals surface area contributed by atoms with Gasteiger partial charge in [-0.2, -0.15) is 5.10 Å². The minimum atomic E-state index is -0.449. The molecule has 7 heteroatoms. The summed E-state index contributed by atoms with van der Waals surface area (Å²) in [5.41, 5.74) is 1.04. The molecule has 0 atom stereocenters. The molecule has 6 nitrogen and oxygen atoms in total. The molecule has 130 valence electrons. The Balaban J connectivity index is 1.74. The van der Waals surface area contributed by atoms with Crippen molar-refractivity contribution >= 4 is 11.6 Å². The minimum Gasteiger partial charge on any atom is -0.485 e. The van der Waals surface area contributed by atoms with Gasteiger partial charge < -0.3 is 9.15 Å². The van der Waals surface area contributed by atoms with Crippen molar-refractivity contribution in [3.8, 4) is 17.1 Å². The van der Waals surface area contributed by atoms with E-state index in [4.69, 9.17) is 20.8 Å². The number of oxazole rings is 1. The first kappa shape index (κ1) is 17.2.